The molecule has 1 saturated heterocycles. The summed E-state index contributed by atoms with van der Waals surface area (Å²) in [6.45, 7) is 0.556. The summed E-state index contributed by atoms with van der Waals surface area (Å²) in [5, 5.41) is 0.285. The van der Waals surface area contributed by atoms with Gasteiger partial charge in [0.1, 0.15) is 6.61 Å². The average molecular weight is 624 g/mol. The zero-order valence-electron chi connectivity index (χ0n) is 17.9. The Kier molecular flexibility index (Phi) is 8.03. The molecule has 34 heavy (non-hydrogen) atoms. The maximum absolute atomic E-state index is 12.9. The number of carbonyl (C=O) groups excluding carboxylic acids is 2. The Bertz CT molecular complexity index is 1260. The number of halogens is 3. The molecule has 0 spiro atoms. The number of ether oxygens (including phenoxy) is 2. The Labute approximate surface area is 223 Å². The molecule has 1 aliphatic heterocycles. The van der Waals surface area contributed by atoms with Crippen LogP contribution in [-0.2, 0) is 17.9 Å². The highest BCUT2D eigenvalue weighted by Gasteiger charge is 2.35. The van der Waals surface area contributed by atoms with E-state index in [2.05, 4.69) is 31.9 Å². The van der Waals surface area contributed by atoms with Crippen molar-refractivity contribution in [3.63, 3.8) is 0 Å². The quantitative estimate of drug-likeness (QED) is 0.253. The third kappa shape index (κ3) is 5.86. The molecule has 0 N–H and O–H groups in total. The van der Waals surface area contributed by atoms with Crippen molar-refractivity contribution in [2.75, 3.05) is 7.11 Å². The normalized spacial score (nSPS) is 14.7. The number of carbonyl (C=O) groups is 2. The highest BCUT2D eigenvalue weighted by molar-refractivity contribution is 9.10. The van der Waals surface area contributed by atoms with Gasteiger partial charge in [-0.05, 0) is 86.9 Å². The summed E-state index contributed by atoms with van der Waals surface area (Å²) in [5.41, 5.74) is 2.54. The number of hydrogen-bond donors (Lipinski definition) is 0. The van der Waals surface area contributed by atoms with E-state index in [0.717, 1.165) is 27.4 Å². The Morgan fingerprint density at radius 2 is 1.68 bits per heavy atom. The van der Waals surface area contributed by atoms with E-state index in [9.17, 15) is 9.59 Å². The number of hydrogen-bond acceptors (Lipinski definition) is 5. The summed E-state index contributed by atoms with van der Waals surface area (Å²) in [4.78, 5) is 27.0. The second-order valence-corrected chi connectivity index (χ2v) is 10.5. The lowest BCUT2D eigenvalue weighted by Gasteiger charge is -2.14. The molecule has 5 nitrogen and oxygen atoms in total. The highest BCUT2D eigenvalue weighted by Crippen LogP contribution is 2.39. The van der Waals surface area contributed by atoms with E-state index >= 15 is 0 Å². The van der Waals surface area contributed by atoms with Gasteiger partial charge in [0.05, 0.1) is 23.0 Å². The Morgan fingerprint density at radius 1 is 1.00 bits per heavy atom. The molecule has 1 heterocycles. The SMILES string of the molecule is COc1cc(/C=C2\SC(=O)N(Cc3ccc(Cl)cc3)C2=O)cc(Br)c1OCc1ccc(Br)cc1. The lowest BCUT2D eigenvalue weighted by Crippen LogP contribution is -2.27. The summed E-state index contributed by atoms with van der Waals surface area (Å²) in [5.74, 6) is 0.729. The van der Waals surface area contributed by atoms with Crippen molar-refractivity contribution in [3.8, 4) is 11.5 Å². The minimum Gasteiger partial charge on any atom is -0.493 e. The summed E-state index contributed by atoms with van der Waals surface area (Å²) >= 11 is 13.8. The van der Waals surface area contributed by atoms with Crippen LogP contribution in [0, 0.1) is 0 Å². The molecule has 0 radical (unpaired) electrons. The van der Waals surface area contributed by atoms with Crippen LogP contribution in [0.2, 0.25) is 5.02 Å². The summed E-state index contributed by atoms with van der Waals surface area (Å²) in [7, 11) is 1.55. The van der Waals surface area contributed by atoms with Crippen LogP contribution in [0.3, 0.4) is 0 Å². The molecule has 0 bridgehead atoms. The standard InChI is InChI=1S/C25H18Br2ClNO4S/c1-32-21-11-17(10-20(27)23(21)33-14-16-2-6-18(26)7-3-16)12-22-24(30)29(25(31)34-22)13-15-4-8-19(28)9-5-15/h2-12H,13-14H2,1H3/b22-12-. The van der Waals surface area contributed by atoms with Crippen molar-refractivity contribution < 1.29 is 19.1 Å². The van der Waals surface area contributed by atoms with Gasteiger partial charge in [0.15, 0.2) is 11.5 Å². The van der Waals surface area contributed by atoms with E-state index in [1.165, 1.54) is 4.90 Å². The van der Waals surface area contributed by atoms with Crippen molar-refractivity contribution in [2.24, 2.45) is 0 Å². The van der Waals surface area contributed by atoms with E-state index in [1.54, 1.807) is 43.5 Å². The molecule has 174 valence electrons. The Hall–Kier alpha value is -2.26. The van der Waals surface area contributed by atoms with Crippen LogP contribution in [-0.4, -0.2) is 23.2 Å². The maximum atomic E-state index is 12.9. The van der Waals surface area contributed by atoms with Crippen LogP contribution in [0.1, 0.15) is 16.7 Å². The predicted octanol–water partition coefficient (Wildman–Crippen LogP) is 7.69. The Morgan fingerprint density at radius 3 is 2.35 bits per heavy atom. The number of amides is 2. The number of rotatable bonds is 7. The van der Waals surface area contributed by atoms with Crippen molar-refractivity contribution in [3.05, 3.63) is 96.2 Å². The van der Waals surface area contributed by atoms with Gasteiger partial charge < -0.3 is 9.47 Å². The molecule has 9 heteroatoms. The monoisotopic (exact) mass is 621 g/mol. The smallest absolute Gasteiger partial charge is 0.293 e. The van der Waals surface area contributed by atoms with Crippen LogP contribution in [0.5, 0.6) is 11.5 Å². The molecule has 3 aromatic rings. The van der Waals surface area contributed by atoms with Crippen molar-refractivity contribution in [1.82, 2.24) is 4.90 Å². The van der Waals surface area contributed by atoms with Crippen LogP contribution in [0.15, 0.2) is 74.5 Å². The summed E-state index contributed by atoms with van der Waals surface area (Å²) in [6, 6.07) is 18.5. The van der Waals surface area contributed by atoms with E-state index in [0.29, 0.717) is 38.1 Å². The van der Waals surface area contributed by atoms with Gasteiger partial charge in [-0.25, -0.2) is 0 Å². The molecule has 0 aromatic heterocycles. The van der Waals surface area contributed by atoms with Crippen molar-refractivity contribution in [2.45, 2.75) is 13.2 Å². The van der Waals surface area contributed by atoms with Crippen LogP contribution in [0.25, 0.3) is 6.08 Å². The van der Waals surface area contributed by atoms with Crippen LogP contribution in [0.4, 0.5) is 4.79 Å². The number of methoxy groups -OCH3 is 1. The number of imide groups is 1. The molecule has 0 saturated carbocycles. The van der Waals surface area contributed by atoms with Gasteiger partial charge in [-0.1, -0.05) is 51.8 Å². The van der Waals surface area contributed by atoms with Crippen LogP contribution >= 0.6 is 55.2 Å². The number of thioether (sulfide) groups is 1. The molecule has 3 aromatic carbocycles. The van der Waals surface area contributed by atoms with Crippen molar-refractivity contribution in [1.29, 1.82) is 0 Å². The first-order valence-corrected chi connectivity index (χ1v) is 12.9. The lowest BCUT2D eigenvalue weighted by atomic mass is 10.1. The first-order chi connectivity index (χ1) is 16.3. The van der Waals surface area contributed by atoms with Gasteiger partial charge in [0.2, 0.25) is 0 Å². The average Bonchev–Trinajstić information content (AvgIpc) is 3.07. The second kappa shape index (κ2) is 11.0. The number of benzene rings is 3. The van der Waals surface area contributed by atoms with E-state index in [-0.39, 0.29) is 17.7 Å². The van der Waals surface area contributed by atoms with Gasteiger partial charge in [0.25, 0.3) is 11.1 Å². The fourth-order valence-corrected chi connectivity index (χ4v) is 5.06. The molecule has 2 amide bonds. The molecule has 1 aliphatic rings. The zero-order valence-corrected chi connectivity index (χ0v) is 22.6. The molecule has 1 fully saturated rings. The van der Waals surface area contributed by atoms with Gasteiger partial charge in [-0.15, -0.1) is 0 Å². The number of nitrogens with zero attached hydrogens (tertiary/aromatic N) is 1. The third-order valence-electron chi connectivity index (χ3n) is 4.97. The van der Waals surface area contributed by atoms with E-state index < -0.39 is 0 Å². The van der Waals surface area contributed by atoms with Gasteiger partial charge in [0, 0.05) is 9.50 Å². The Balaban J connectivity index is 1.52. The molecule has 0 unspecified atom stereocenters. The minimum atomic E-state index is -0.337. The van der Waals surface area contributed by atoms with Crippen LogP contribution < -0.4 is 9.47 Å². The third-order valence-corrected chi connectivity index (χ3v) is 7.25. The topological polar surface area (TPSA) is 55.8 Å². The molecular formula is C25H18Br2ClNO4S. The molecule has 0 aliphatic carbocycles. The summed E-state index contributed by atoms with van der Waals surface area (Å²) in [6.07, 6.45) is 1.68. The summed E-state index contributed by atoms with van der Waals surface area (Å²) < 4.78 is 13.2. The van der Waals surface area contributed by atoms with Crippen molar-refractivity contribution >= 4 is 72.4 Å². The minimum absolute atomic E-state index is 0.190. The van der Waals surface area contributed by atoms with Gasteiger partial charge >= 0.3 is 0 Å². The highest BCUT2D eigenvalue weighted by atomic mass is 79.9. The largest absolute Gasteiger partial charge is 0.493 e. The zero-order chi connectivity index (χ0) is 24.2. The molecule has 4 rings (SSSR count). The molecular weight excluding hydrogens is 606 g/mol. The fourth-order valence-electron chi connectivity index (χ4n) is 3.26. The fraction of sp³-hybridized carbons (Fsp3) is 0.120. The van der Waals surface area contributed by atoms with Gasteiger partial charge in [-0.3, -0.25) is 14.5 Å². The van der Waals surface area contributed by atoms with Gasteiger partial charge in [-0.2, -0.15) is 0 Å². The first-order valence-electron chi connectivity index (χ1n) is 10.1. The maximum Gasteiger partial charge on any atom is 0.293 e. The predicted molar refractivity (Wildman–Crippen MR) is 142 cm³/mol. The second-order valence-electron chi connectivity index (χ2n) is 7.34. The lowest BCUT2D eigenvalue weighted by molar-refractivity contribution is -0.123. The first kappa shape index (κ1) is 24.9. The van der Waals surface area contributed by atoms with E-state index in [4.69, 9.17) is 21.1 Å². The van der Waals surface area contributed by atoms with E-state index in [1.807, 2.05) is 30.3 Å². The molecule has 0 atom stereocenters.